The highest BCUT2D eigenvalue weighted by atomic mass is 16.4. The molecule has 1 aliphatic carbocycles. The van der Waals surface area contributed by atoms with Gasteiger partial charge in [0.15, 0.2) is 0 Å². The van der Waals surface area contributed by atoms with Crippen LogP contribution >= 0.6 is 0 Å². The Hall–Kier alpha value is -2.10. The number of fused-ring (bicyclic) bond motifs is 2. The molecule has 0 bridgehead atoms. The summed E-state index contributed by atoms with van der Waals surface area (Å²) in [7, 11) is 0. The largest absolute Gasteiger partial charge is 0.478 e. The number of anilines is 1. The number of hydrogen-bond donors (Lipinski definition) is 1. The Bertz CT molecular complexity index is 701. The van der Waals surface area contributed by atoms with Crippen LogP contribution < -0.4 is 4.90 Å². The number of pyridine rings is 1. The SMILES string of the molecule is O=C(O)c1cnc2ccccc2c1N1CC2CCCC2C1. The number of carboxylic acid groups (broad SMARTS) is 1. The summed E-state index contributed by atoms with van der Waals surface area (Å²) in [6.07, 6.45) is 5.40. The summed E-state index contributed by atoms with van der Waals surface area (Å²) in [4.78, 5) is 18.2. The fourth-order valence-corrected chi connectivity index (χ4v) is 4.04. The van der Waals surface area contributed by atoms with E-state index in [0.29, 0.717) is 5.56 Å². The number of benzene rings is 1. The smallest absolute Gasteiger partial charge is 0.339 e. The maximum absolute atomic E-state index is 11.6. The minimum atomic E-state index is -0.889. The molecule has 2 aliphatic rings. The first-order valence-corrected chi connectivity index (χ1v) is 7.60. The zero-order valence-electron chi connectivity index (χ0n) is 11.8. The van der Waals surface area contributed by atoms with Crippen molar-refractivity contribution in [1.29, 1.82) is 0 Å². The second kappa shape index (κ2) is 4.72. The highest BCUT2D eigenvalue weighted by molar-refractivity contribution is 6.04. The predicted octanol–water partition coefficient (Wildman–Crippen LogP) is 3.17. The highest BCUT2D eigenvalue weighted by Gasteiger charge is 2.37. The Labute approximate surface area is 123 Å². The van der Waals surface area contributed by atoms with Crippen molar-refractivity contribution in [3.05, 3.63) is 36.0 Å². The molecule has 0 amide bonds. The van der Waals surface area contributed by atoms with E-state index in [4.69, 9.17) is 0 Å². The van der Waals surface area contributed by atoms with Crippen LogP contribution in [0.25, 0.3) is 10.9 Å². The lowest BCUT2D eigenvalue weighted by Gasteiger charge is -2.23. The Balaban J connectivity index is 1.85. The van der Waals surface area contributed by atoms with E-state index >= 15 is 0 Å². The maximum atomic E-state index is 11.6. The monoisotopic (exact) mass is 282 g/mol. The molecule has 1 saturated heterocycles. The Morgan fingerprint density at radius 2 is 1.90 bits per heavy atom. The quantitative estimate of drug-likeness (QED) is 0.919. The molecule has 2 heterocycles. The number of hydrogen-bond acceptors (Lipinski definition) is 3. The summed E-state index contributed by atoms with van der Waals surface area (Å²) in [5.41, 5.74) is 2.06. The molecule has 21 heavy (non-hydrogen) atoms. The second-order valence-electron chi connectivity index (χ2n) is 6.20. The summed E-state index contributed by atoms with van der Waals surface area (Å²) in [5, 5.41) is 10.5. The molecule has 0 radical (unpaired) electrons. The van der Waals surface area contributed by atoms with Gasteiger partial charge >= 0.3 is 5.97 Å². The van der Waals surface area contributed by atoms with E-state index in [0.717, 1.165) is 41.5 Å². The maximum Gasteiger partial charge on any atom is 0.339 e. The van der Waals surface area contributed by atoms with Gasteiger partial charge in [-0.15, -0.1) is 0 Å². The summed E-state index contributed by atoms with van der Waals surface area (Å²) in [5.74, 6) is 0.581. The third kappa shape index (κ3) is 1.97. The van der Waals surface area contributed by atoms with Gasteiger partial charge in [0.05, 0.1) is 11.2 Å². The molecule has 2 fully saturated rings. The van der Waals surface area contributed by atoms with Crippen molar-refractivity contribution in [2.75, 3.05) is 18.0 Å². The van der Waals surface area contributed by atoms with E-state index in [-0.39, 0.29) is 0 Å². The van der Waals surface area contributed by atoms with E-state index in [2.05, 4.69) is 9.88 Å². The van der Waals surface area contributed by atoms with Crippen LogP contribution in [-0.2, 0) is 0 Å². The first-order chi connectivity index (χ1) is 10.2. The molecular weight excluding hydrogens is 264 g/mol. The number of aromatic carboxylic acids is 1. The number of rotatable bonds is 2. The van der Waals surface area contributed by atoms with Crippen LogP contribution in [0.2, 0.25) is 0 Å². The fourth-order valence-electron chi connectivity index (χ4n) is 4.04. The average Bonchev–Trinajstić information content (AvgIpc) is 3.07. The van der Waals surface area contributed by atoms with Gasteiger partial charge in [-0.25, -0.2) is 4.79 Å². The molecule has 4 nitrogen and oxygen atoms in total. The molecular formula is C17H18N2O2. The van der Waals surface area contributed by atoms with Gasteiger partial charge in [-0.2, -0.15) is 0 Å². The van der Waals surface area contributed by atoms with Crippen LogP contribution in [0.5, 0.6) is 0 Å². The van der Waals surface area contributed by atoms with Crippen LogP contribution in [0.4, 0.5) is 5.69 Å². The van der Waals surface area contributed by atoms with Crippen molar-refractivity contribution in [3.8, 4) is 0 Å². The summed E-state index contributed by atoms with van der Waals surface area (Å²) in [6, 6.07) is 7.83. The molecule has 2 atom stereocenters. The van der Waals surface area contributed by atoms with Crippen LogP contribution in [0.3, 0.4) is 0 Å². The third-order valence-corrected chi connectivity index (χ3v) is 5.02. The Morgan fingerprint density at radius 1 is 1.19 bits per heavy atom. The van der Waals surface area contributed by atoms with Crippen molar-refractivity contribution in [1.82, 2.24) is 4.98 Å². The normalized spacial score (nSPS) is 24.5. The molecule has 1 aromatic heterocycles. The van der Waals surface area contributed by atoms with Crippen molar-refractivity contribution in [3.63, 3.8) is 0 Å². The summed E-state index contributed by atoms with van der Waals surface area (Å²) >= 11 is 0. The Morgan fingerprint density at radius 3 is 2.62 bits per heavy atom. The number of aromatic nitrogens is 1. The van der Waals surface area contributed by atoms with Gasteiger partial charge in [0.1, 0.15) is 5.56 Å². The lowest BCUT2D eigenvalue weighted by molar-refractivity contribution is 0.0697. The molecule has 1 N–H and O–H groups in total. The van der Waals surface area contributed by atoms with Crippen LogP contribution in [0.1, 0.15) is 29.6 Å². The zero-order valence-corrected chi connectivity index (χ0v) is 11.8. The van der Waals surface area contributed by atoms with E-state index in [1.165, 1.54) is 25.5 Å². The molecule has 0 spiro atoms. The molecule has 4 heteroatoms. The third-order valence-electron chi connectivity index (χ3n) is 5.02. The van der Waals surface area contributed by atoms with Gasteiger partial charge in [0.2, 0.25) is 0 Å². The summed E-state index contributed by atoms with van der Waals surface area (Å²) in [6.45, 7) is 1.97. The fraction of sp³-hybridized carbons (Fsp3) is 0.412. The second-order valence-corrected chi connectivity index (χ2v) is 6.20. The topological polar surface area (TPSA) is 53.4 Å². The van der Waals surface area contributed by atoms with Gasteiger partial charge < -0.3 is 10.0 Å². The molecule has 4 rings (SSSR count). The van der Waals surface area contributed by atoms with Crippen LogP contribution in [0, 0.1) is 11.8 Å². The molecule has 1 aromatic carbocycles. The van der Waals surface area contributed by atoms with Gasteiger partial charge in [0.25, 0.3) is 0 Å². The van der Waals surface area contributed by atoms with Crippen molar-refractivity contribution < 1.29 is 9.90 Å². The van der Waals surface area contributed by atoms with Crippen molar-refractivity contribution in [2.24, 2.45) is 11.8 Å². The standard InChI is InChI=1S/C17H18N2O2/c20-17(21)14-8-18-15-7-2-1-6-13(15)16(14)19-9-11-4-3-5-12(11)10-19/h1-2,6-8,11-12H,3-5,9-10H2,(H,20,21). The van der Waals surface area contributed by atoms with Crippen LogP contribution in [0.15, 0.2) is 30.5 Å². The highest BCUT2D eigenvalue weighted by Crippen LogP contribution is 2.42. The van der Waals surface area contributed by atoms with E-state index < -0.39 is 5.97 Å². The van der Waals surface area contributed by atoms with Crippen molar-refractivity contribution in [2.45, 2.75) is 19.3 Å². The minimum absolute atomic E-state index is 0.327. The van der Waals surface area contributed by atoms with Crippen molar-refractivity contribution >= 4 is 22.6 Å². The van der Waals surface area contributed by atoms with Gasteiger partial charge in [-0.1, -0.05) is 24.6 Å². The number of para-hydroxylation sites is 1. The Kier molecular flexibility index (Phi) is 2.84. The zero-order chi connectivity index (χ0) is 14.4. The summed E-state index contributed by atoms with van der Waals surface area (Å²) < 4.78 is 0. The molecule has 1 saturated carbocycles. The lowest BCUT2D eigenvalue weighted by Crippen LogP contribution is -2.23. The first kappa shape index (κ1) is 12.6. The van der Waals surface area contributed by atoms with Crippen LogP contribution in [-0.4, -0.2) is 29.1 Å². The lowest BCUT2D eigenvalue weighted by atomic mass is 10.0. The van der Waals surface area contributed by atoms with E-state index in [9.17, 15) is 9.90 Å². The van der Waals surface area contributed by atoms with Gasteiger partial charge in [0, 0.05) is 24.7 Å². The molecule has 1 aliphatic heterocycles. The number of carboxylic acids is 1. The first-order valence-electron chi connectivity index (χ1n) is 7.60. The average molecular weight is 282 g/mol. The molecule has 2 aromatic rings. The minimum Gasteiger partial charge on any atom is -0.478 e. The van der Waals surface area contributed by atoms with E-state index in [1.54, 1.807) is 0 Å². The van der Waals surface area contributed by atoms with E-state index in [1.807, 2.05) is 24.3 Å². The number of carbonyl (C=O) groups is 1. The van der Waals surface area contributed by atoms with Gasteiger partial charge in [-0.05, 0) is 30.7 Å². The predicted molar refractivity (Wildman–Crippen MR) is 81.7 cm³/mol. The molecule has 108 valence electrons. The molecule has 2 unspecified atom stereocenters. The number of nitrogens with zero attached hydrogens (tertiary/aromatic N) is 2. The van der Waals surface area contributed by atoms with Gasteiger partial charge in [-0.3, -0.25) is 4.98 Å².